The third-order valence-corrected chi connectivity index (χ3v) is 4.47. The number of hydrogen-bond donors (Lipinski definition) is 0. The highest BCUT2D eigenvalue weighted by molar-refractivity contribution is 9.10. The van der Waals surface area contributed by atoms with Crippen LogP contribution in [0.1, 0.15) is 38.5 Å². The summed E-state index contributed by atoms with van der Waals surface area (Å²) >= 11 is 3.36. The summed E-state index contributed by atoms with van der Waals surface area (Å²) in [7, 11) is 3.35. The second-order valence-electron chi connectivity index (χ2n) is 5.77. The first-order valence-electron chi connectivity index (χ1n) is 8.16. The summed E-state index contributed by atoms with van der Waals surface area (Å²) in [5.41, 5.74) is 0. The molecule has 23 heavy (non-hydrogen) atoms. The van der Waals surface area contributed by atoms with Gasteiger partial charge in [-0.25, -0.2) is 4.98 Å². The zero-order valence-electron chi connectivity index (χ0n) is 13.9. The molecule has 130 valence electrons. The van der Waals surface area contributed by atoms with Crippen LogP contribution in [0.2, 0.25) is 0 Å². The standard InChI is InChI=1S/C17H26BrNO4/c1-20-17(21-2)6-4-3-5-9-22-14-10-15(11-14)23-16-8-7-13(18)12-19-16/h7-8,12,14-15,17H,3-6,9-11H2,1-2H3. The molecule has 0 saturated heterocycles. The van der Waals surface area contributed by atoms with E-state index < -0.39 is 0 Å². The minimum Gasteiger partial charge on any atom is -0.474 e. The number of rotatable bonds is 11. The predicted molar refractivity (Wildman–Crippen MR) is 91.6 cm³/mol. The van der Waals surface area contributed by atoms with Crippen molar-refractivity contribution >= 4 is 15.9 Å². The Kier molecular flexibility index (Phi) is 8.30. The van der Waals surface area contributed by atoms with Gasteiger partial charge in [-0.05, 0) is 41.3 Å². The summed E-state index contributed by atoms with van der Waals surface area (Å²) in [5.74, 6) is 0.683. The first kappa shape index (κ1) is 18.6. The lowest BCUT2D eigenvalue weighted by molar-refractivity contribution is -0.107. The van der Waals surface area contributed by atoms with E-state index in [1.165, 1.54) is 0 Å². The van der Waals surface area contributed by atoms with E-state index >= 15 is 0 Å². The van der Waals surface area contributed by atoms with Crippen LogP contribution in [0, 0.1) is 0 Å². The van der Waals surface area contributed by atoms with Crippen molar-refractivity contribution in [2.24, 2.45) is 0 Å². The fourth-order valence-electron chi connectivity index (χ4n) is 2.52. The van der Waals surface area contributed by atoms with Crippen molar-refractivity contribution in [2.75, 3.05) is 20.8 Å². The Morgan fingerprint density at radius 1 is 1.13 bits per heavy atom. The van der Waals surface area contributed by atoms with E-state index in [4.69, 9.17) is 18.9 Å². The molecule has 0 atom stereocenters. The van der Waals surface area contributed by atoms with Gasteiger partial charge in [0.05, 0.1) is 6.10 Å². The average molecular weight is 388 g/mol. The fourth-order valence-corrected chi connectivity index (χ4v) is 2.76. The van der Waals surface area contributed by atoms with Gasteiger partial charge in [0.25, 0.3) is 0 Å². The van der Waals surface area contributed by atoms with Crippen LogP contribution in [0.5, 0.6) is 5.88 Å². The third kappa shape index (κ3) is 6.75. The maximum Gasteiger partial charge on any atom is 0.213 e. The van der Waals surface area contributed by atoms with E-state index in [0.717, 1.165) is 49.6 Å². The van der Waals surface area contributed by atoms with Crippen molar-refractivity contribution in [2.45, 2.75) is 57.0 Å². The highest BCUT2D eigenvalue weighted by Gasteiger charge is 2.31. The number of hydrogen-bond acceptors (Lipinski definition) is 5. The Bertz CT molecular complexity index is 433. The monoisotopic (exact) mass is 387 g/mol. The van der Waals surface area contributed by atoms with Crippen LogP contribution >= 0.6 is 15.9 Å². The first-order chi connectivity index (χ1) is 11.2. The van der Waals surface area contributed by atoms with Crippen molar-refractivity contribution in [3.8, 4) is 5.88 Å². The van der Waals surface area contributed by atoms with Gasteiger partial charge >= 0.3 is 0 Å². The predicted octanol–water partition coefficient (Wildman–Crippen LogP) is 3.95. The van der Waals surface area contributed by atoms with Crippen LogP contribution in [-0.4, -0.2) is 44.3 Å². The Morgan fingerprint density at radius 3 is 2.57 bits per heavy atom. The number of halogens is 1. The normalized spacial score (nSPS) is 20.5. The third-order valence-electron chi connectivity index (χ3n) is 4.00. The number of pyridine rings is 1. The van der Waals surface area contributed by atoms with Crippen molar-refractivity contribution < 1.29 is 18.9 Å². The van der Waals surface area contributed by atoms with Crippen LogP contribution in [0.15, 0.2) is 22.8 Å². The quantitative estimate of drug-likeness (QED) is 0.424. The molecule has 0 N–H and O–H groups in total. The molecule has 1 aromatic rings. The lowest BCUT2D eigenvalue weighted by Gasteiger charge is -2.34. The maximum atomic E-state index is 5.85. The molecule has 0 spiro atoms. The zero-order chi connectivity index (χ0) is 16.5. The van der Waals surface area contributed by atoms with E-state index in [1.807, 2.05) is 12.1 Å². The lowest BCUT2D eigenvalue weighted by Crippen LogP contribution is -2.39. The number of ether oxygens (including phenoxy) is 4. The molecule has 0 bridgehead atoms. The van der Waals surface area contributed by atoms with Crippen LogP contribution in [0.25, 0.3) is 0 Å². The van der Waals surface area contributed by atoms with E-state index in [2.05, 4.69) is 20.9 Å². The molecule has 1 heterocycles. The van der Waals surface area contributed by atoms with Gasteiger partial charge in [0.15, 0.2) is 6.29 Å². The summed E-state index contributed by atoms with van der Waals surface area (Å²) in [6.07, 6.45) is 8.40. The van der Waals surface area contributed by atoms with E-state index in [-0.39, 0.29) is 12.4 Å². The fraction of sp³-hybridized carbons (Fsp3) is 0.706. The molecule has 0 aromatic carbocycles. The van der Waals surface area contributed by atoms with Gasteiger partial charge < -0.3 is 18.9 Å². The summed E-state index contributed by atoms with van der Waals surface area (Å²) in [6, 6.07) is 3.82. The Morgan fingerprint density at radius 2 is 1.91 bits per heavy atom. The molecule has 5 nitrogen and oxygen atoms in total. The van der Waals surface area contributed by atoms with Crippen molar-refractivity contribution in [3.63, 3.8) is 0 Å². The molecule has 2 rings (SSSR count). The van der Waals surface area contributed by atoms with Gasteiger partial charge in [0, 0.05) is 50.4 Å². The van der Waals surface area contributed by atoms with Gasteiger partial charge in [-0.1, -0.05) is 6.42 Å². The van der Waals surface area contributed by atoms with Crippen LogP contribution in [0.3, 0.4) is 0 Å². The highest BCUT2D eigenvalue weighted by Crippen LogP contribution is 2.28. The van der Waals surface area contributed by atoms with Crippen LogP contribution in [0.4, 0.5) is 0 Å². The Balaban J connectivity index is 1.46. The first-order valence-corrected chi connectivity index (χ1v) is 8.96. The molecule has 6 heteroatoms. The number of nitrogens with zero attached hydrogens (tertiary/aromatic N) is 1. The van der Waals surface area contributed by atoms with Gasteiger partial charge in [-0.2, -0.15) is 0 Å². The maximum absolute atomic E-state index is 5.85. The molecule has 1 saturated carbocycles. The SMILES string of the molecule is COC(CCCCCOC1CC(Oc2ccc(Br)cn2)C1)OC. The van der Waals surface area contributed by atoms with E-state index in [0.29, 0.717) is 12.0 Å². The zero-order valence-corrected chi connectivity index (χ0v) is 15.5. The van der Waals surface area contributed by atoms with Crippen molar-refractivity contribution in [1.29, 1.82) is 0 Å². The number of aromatic nitrogens is 1. The molecular formula is C17H26BrNO4. The summed E-state index contributed by atoms with van der Waals surface area (Å²) in [4.78, 5) is 4.22. The molecule has 0 radical (unpaired) electrons. The minimum atomic E-state index is -0.0762. The number of methoxy groups -OCH3 is 2. The van der Waals surface area contributed by atoms with Crippen molar-refractivity contribution in [1.82, 2.24) is 4.98 Å². The average Bonchev–Trinajstić information content (AvgIpc) is 2.53. The second-order valence-corrected chi connectivity index (χ2v) is 6.68. The summed E-state index contributed by atoms with van der Waals surface area (Å²) < 4.78 is 22.9. The lowest BCUT2D eigenvalue weighted by atomic mass is 9.92. The summed E-state index contributed by atoms with van der Waals surface area (Å²) in [6.45, 7) is 0.818. The highest BCUT2D eigenvalue weighted by atomic mass is 79.9. The van der Waals surface area contributed by atoms with Gasteiger partial charge in [0.1, 0.15) is 6.10 Å². The van der Waals surface area contributed by atoms with E-state index in [9.17, 15) is 0 Å². The summed E-state index contributed by atoms with van der Waals surface area (Å²) in [5, 5.41) is 0. The van der Waals surface area contributed by atoms with Crippen LogP contribution in [-0.2, 0) is 14.2 Å². The van der Waals surface area contributed by atoms with Gasteiger partial charge in [-0.15, -0.1) is 0 Å². The second kappa shape index (κ2) is 10.2. The topological polar surface area (TPSA) is 49.8 Å². The smallest absolute Gasteiger partial charge is 0.213 e. The van der Waals surface area contributed by atoms with Crippen LogP contribution < -0.4 is 4.74 Å². The largest absolute Gasteiger partial charge is 0.474 e. The van der Waals surface area contributed by atoms with Gasteiger partial charge in [-0.3, -0.25) is 0 Å². The minimum absolute atomic E-state index is 0.0762. The Hall–Kier alpha value is -0.690. The van der Waals surface area contributed by atoms with Gasteiger partial charge in [0.2, 0.25) is 5.88 Å². The molecule has 1 aliphatic rings. The van der Waals surface area contributed by atoms with E-state index in [1.54, 1.807) is 20.4 Å². The van der Waals surface area contributed by atoms with Crippen molar-refractivity contribution in [3.05, 3.63) is 22.8 Å². The molecule has 0 unspecified atom stereocenters. The molecule has 1 aliphatic carbocycles. The number of unbranched alkanes of at least 4 members (excludes halogenated alkanes) is 2. The molecule has 0 amide bonds. The Labute approximate surface area is 146 Å². The molecule has 1 aromatic heterocycles. The molecule has 0 aliphatic heterocycles. The molecule has 1 fully saturated rings. The molecular weight excluding hydrogens is 362 g/mol.